The van der Waals surface area contributed by atoms with Crippen molar-refractivity contribution in [2.45, 2.75) is 6.54 Å². The van der Waals surface area contributed by atoms with Crippen LogP contribution in [0.1, 0.15) is 21.5 Å². The Morgan fingerprint density at radius 1 is 1.06 bits per heavy atom. The number of carbonyl (C=O) groups excluding carboxylic acids is 3. The maximum absolute atomic E-state index is 12.8. The molecule has 34 heavy (non-hydrogen) atoms. The van der Waals surface area contributed by atoms with Crippen molar-refractivity contribution in [1.29, 1.82) is 0 Å². The normalized spacial score (nSPS) is 14.6. The van der Waals surface area contributed by atoms with Crippen molar-refractivity contribution >= 4 is 69.1 Å². The number of nitrogens with zero attached hydrogens (tertiary/aromatic N) is 1. The Hall–Kier alpha value is -2.82. The van der Waals surface area contributed by atoms with Crippen LogP contribution in [0.15, 0.2) is 71.6 Å². The summed E-state index contributed by atoms with van der Waals surface area (Å²) in [6.45, 7) is 0.208. The molecule has 9 heteroatoms. The van der Waals surface area contributed by atoms with E-state index in [0.29, 0.717) is 21.8 Å². The van der Waals surface area contributed by atoms with Crippen LogP contribution in [0.5, 0.6) is 11.5 Å². The number of ether oxygens (including phenoxy) is 2. The zero-order valence-electron chi connectivity index (χ0n) is 17.8. The monoisotopic (exact) mass is 605 g/mol. The van der Waals surface area contributed by atoms with E-state index in [4.69, 9.17) is 21.1 Å². The van der Waals surface area contributed by atoms with Crippen molar-refractivity contribution in [3.63, 3.8) is 0 Å². The second-order valence-electron chi connectivity index (χ2n) is 7.20. The number of amides is 2. The van der Waals surface area contributed by atoms with Crippen molar-refractivity contribution in [1.82, 2.24) is 4.90 Å². The number of thioether (sulfide) groups is 1. The minimum Gasteiger partial charge on any atom is -0.497 e. The van der Waals surface area contributed by atoms with Crippen LogP contribution in [-0.2, 0) is 11.3 Å². The maximum atomic E-state index is 12.8. The highest BCUT2D eigenvalue weighted by atomic mass is 127. The van der Waals surface area contributed by atoms with Crippen molar-refractivity contribution in [3.05, 3.63) is 96.9 Å². The first-order valence-corrected chi connectivity index (χ1v) is 12.3. The van der Waals surface area contributed by atoms with Gasteiger partial charge in [0.1, 0.15) is 11.5 Å². The molecule has 0 spiro atoms. The number of hydrogen-bond donors (Lipinski definition) is 0. The topological polar surface area (TPSA) is 72.9 Å². The van der Waals surface area contributed by atoms with Crippen LogP contribution in [0.25, 0.3) is 6.08 Å². The lowest BCUT2D eigenvalue weighted by Gasteiger charge is -2.12. The van der Waals surface area contributed by atoms with Crippen LogP contribution in [0.2, 0.25) is 5.02 Å². The number of hydrogen-bond acceptors (Lipinski definition) is 6. The van der Waals surface area contributed by atoms with E-state index >= 15 is 0 Å². The third-order valence-electron chi connectivity index (χ3n) is 4.91. The lowest BCUT2D eigenvalue weighted by molar-refractivity contribution is -0.123. The molecule has 3 aromatic carbocycles. The number of imide groups is 1. The molecule has 0 aromatic heterocycles. The molecule has 1 fully saturated rings. The van der Waals surface area contributed by atoms with Gasteiger partial charge in [-0.3, -0.25) is 14.5 Å². The second kappa shape index (κ2) is 10.6. The molecule has 3 aromatic rings. The molecule has 1 aliphatic heterocycles. The molecule has 0 unspecified atom stereocenters. The van der Waals surface area contributed by atoms with Gasteiger partial charge < -0.3 is 9.47 Å². The zero-order valence-corrected chi connectivity index (χ0v) is 21.5. The Bertz CT molecular complexity index is 1290. The highest BCUT2D eigenvalue weighted by Crippen LogP contribution is 2.35. The van der Waals surface area contributed by atoms with Crippen LogP contribution in [-0.4, -0.2) is 29.1 Å². The smallest absolute Gasteiger partial charge is 0.343 e. The molecule has 1 saturated heterocycles. The Morgan fingerprint density at radius 3 is 2.41 bits per heavy atom. The zero-order chi connectivity index (χ0) is 24.2. The molecule has 0 bridgehead atoms. The molecule has 4 rings (SSSR count). The van der Waals surface area contributed by atoms with Gasteiger partial charge in [0.05, 0.1) is 29.1 Å². The SMILES string of the molecule is COc1ccc(C(=O)Oc2ccc(/C=C3\SC(=O)N(Cc4ccc(I)cc4)C3=O)cc2Cl)cc1. The Labute approximate surface area is 219 Å². The van der Waals surface area contributed by atoms with E-state index in [-0.39, 0.29) is 28.5 Å². The van der Waals surface area contributed by atoms with Gasteiger partial charge in [-0.15, -0.1) is 0 Å². The molecule has 0 aliphatic carbocycles. The summed E-state index contributed by atoms with van der Waals surface area (Å²) in [4.78, 5) is 39.1. The van der Waals surface area contributed by atoms with Crippen LogP contribution < -0.4 is 9.47 Å². The second-order valence-corrected chi connectivity index (χ2v) is 9.85. The summed E-state index contributed by atoms with van der Waals surface area (Å²) < 4.78 is 11.5. The van der Waals surface area contributed by atoms with E-state index in [0.717, 1.165) is 20.9 Å². The molecule has 0 N–H and O–H groups in total. The highest BCUT2D eigenvalue weighted by molar-refractivity contribution is 14.1. The number of methoxy groups -OCH3 is 1. The summed E-state index contributed by atoms with van der Waals surface area (Å²) in [7, 11) is 1.54. The van der Waals surface area contributed by atoms with Crippen LogP contribution >= 0.6 is 46.0 Å². The Kier molecular flexibility index (Phi) is 7.60. The summed E-state index contributed by atoms with van der Waals surface area (Å²) in [5.74, 6) is -0.109. The fourth-order valence-electron chi connectivity index (χ4n) is 3.14. The minimum atomic E-state index is -0.561. The van der Waals surface area contributed by atoms with Crippen molar-refractivity contribution in [3.8, 4) is 11.5 Å². The lowest BCUT2D eigenvalue weighted by Crippen LogP contribution is -2.27. The van der Waals surface area contributed by atoms with Gasteiger partial charge >= 0.3 is 5.97 Å². The standard InChI is InChI=1S/C25H17ClINO5S/c1-32-19-9-5-17(6-10-19)24(30)33-21-11-4-16(12-20(21)26)13-22-23(29)28(25(31)34-22)14-15-2-7-18(27)8-3-15/h2-13H,14H2,1H3/b22-13-. The molecule has 1 aliphatic rings. The van der Waals surface area contributed by atoms with Gasteiger partial charge in [-0.2, -0.15) is 0 Å². The molecule has 1 heterocycles. The van der Waals surface area contributed by atoms with E-state index in [9.17, 15) is 14.4 Å². The molecule has 0 atom stereocenters. The van der Waals surface area contributed by atoms with Crippen molar-refractivity contribution in [2.24, 2.45) is 0 Å². The lowest BCUT2D eigenvalue weighted by atomic mass is 10.2. The van der Waals surface area contributed by atoms with Crippen LogP contribution in [0, 0.1) is 3.57 Å². The van der Waals surface area contributed by atoms with E-state index in [1.807, 2.05) is 24.3 Å². The van der Waals surface area contributed by atoms with E-state index in [1.54, 1.807) is 55.7 Å². The molecular weight excluding hydrogens is 589 g/mol. The first kappa shape index (κ1) is 24.3. The van der Waals surface area contributed by atoms with E-state index < -0.39 is 5.97 Å². The third-order valence-corrected chi connectivity index (χ3v) is 6.83. The Balaban J connectivity index is 1.46. The fraction of sp³-hybridized carbons (Fsp3) is 0.0800. The van der Waals surface area contributed by atoms with Gasteiger partial charge in [0.15, 0.2) is 0 Å². The molecular formula is C25H17ClINO5S. The summed E-state index contributed by atoms with van der Waals surface area (Å²) >= 11 is 9.39. The van der Waals surface area contributed by atoms with Gasteiger partial charge in [-0.1, -0.05) is 29.8 Å². The summed E-state index contributed by atoms with van der Waals surface area (Å²) in [6, 6.07) is 18.9. The third kappa shape index (κ3) is 5.63. The first-order chi connectivity index (χ1) is 16.3. The predicted octanol–water partition coefficient (Wildman–Crippen LogP) is 6.41. The number of benzene rings is 3. The largest absolute Gasteiger partial charge is 0.497 e. The number of halogens is 2. The van der Waals surface area contributed by atoms with Crippen LogP contribution in [0.4, 0.5) is 4.79 Å². The summed E-state index contributed by atoms with van der Waals surface area (Å²) in [5.41, 5.74) is 1.83. The quantitative estimate of drug-likeness (QED) is 0.140. The number of rotatable bonds is 6. The maximum Gasteiger partial charge on any atom is 0.343 e. The molecule has 0 saturated carbocycles. The van der Waals surface area contributed by atoms with Gasteiger partial charge in [0.2, 0.25) is 0 Å². The minimum absolute atomic E-state index is 0.187. The highest BCUT2D eigenvalue weighted by Gasteiger charge is 2.35. The van der Waals surface area contributed by atoms with Gasteiger partial charge in [0.25, 0.3) is 11.1 Å². The average Bonchev–Trinajstić information content (AvgIpc) is 3.09. The van der Waals surface area contributed by atoms with Crippen molar-refractivity contribution < 1.29 is 23.9 Å². The molecule has 6 nitrogen and oxygen atoms in total. The predicted molar refractivity (Wildman–Crippen MR) is 140 cm³/mol. The average molecular weight is 606 g/mol. The van der Waals surface area contributed by atoms with Crippen LogP contribution in [0.3, 0.4) is 0 Å². The van der Waals surface area contributed by atoms with E-state index in [2.05, 4.69) is 22.6 Å². The first-order valence-electron chi connectivity index (χ1n) is 9.99. The summed E-state index contributed by atoms with van der Waals surface area (Å²) in [5, 5.41) is -0.125. The summed E-state index contributed by atoms with van der Waals surface area (Å²) in [6.07, 6.45) is 1.60. The number of carbonyl (C=O) groups is 3. The van der Waals surface area contributed by atoms with Gasteiger partial charge in [-0.25, -0.2) is 4.79 Å². The molecule has 172 valence electrons. The van der Waals surface area contributed by atoms with Gasteiger partial charge in [0, 0.05) is 3.57 Å². The molecule has 0 radical (unpaired) electrons. The Morgan fingerprint density at radius 2 is 1.76 bits per heavy atom. The molecule has 2 amide bonds. The van der Waals surface area contributed by atoms with Crippen molar-refractivity contribution in [2.75, 3.05) is 7.11 Å². The van der Waals surface area contributed by atoms with E-state index in [1.165, 1.54) is 4.90 Å². The van der Waals surface area contributed by atoms with Gasteiger partial charge in [-0.05, 0) is 100 Å². The number of esters is 1. The fourth-order valence-corrected chi connectivity index (χ4v) is 4.56.